The maximum atomic E-state index is 12.7. The standard InChI is InChI=1S/C21H20N2O5S/c1-27-16-9-7-15(8-10-16)21(24)22-19-5-3-4-6-20(19)23-29(25,26)18-13-11-17(28-2)12-14-18/h3-14,23H,1-2H3,(H,22,24). The average molecular weight is 412 g/mol. The predicted octanol–water partition coefficient (Wildman–Crippen LogP) is 3.76. The molecule has 0 heterocycles. The zero-order valence-corrected chi connectivity index (χ0v) is 16.7. The molecule has 0 bridgehead atoms. The Morgan fingerprint density at radius 1 is 0.759 bits per heavy atom. The van der Waals surface area contributed by atoms with Crippen molar-refractivity contribution in [2.75, 3.05) is 24.3 Å². The SMILES string of the molecule is COc1ccc(C(=O)Nc2ccccc2NS(=O)(=O)c2ccc(OC)cc2)cc1. The van der Waals surface area contributed by atoms with Crippen LogP contribution in [0, 0.1) is 0 Å². The fourth-order valence-corrected chi connectivity index (χ4v) is 3.66. The van der Waals surface area contributed by atoms with Crippen molar-refractivity contribution in [3.8, 4) is 11.5 Å². The molecule has 2 N–H and O–H groups in total. The van der Waals surface area contributed by atoms with Crippen molar-refractivity contribution < 1.29 is 22.7 Å². The van der Waals surface area contributed by atoms with Crippen LogP contribution in [0.4, 0.5) is 11.4 Å². The summed E-state index contributed by atoms with van der Waals surface area (Å²) in [5.74, 6) is 0.814. The Kier molecular flexibility index (Phi) is 6.04. The smallest absolute Gasteiger partial charge is 0.261 e. The van der Waals surface area contributed by atoms with Crippen LogP contribution in [0.5, 0.6) is 11.5 Å². The number of nitrogens with one attached hydrogen (secondary N) is 2. The molecule has 0 saturated carbocycles. The summed E-state index contributed by atoms with van der Waals surface area (Å²) in [5.41, 5.74) is 1.01. The number of rotatable bonds is 7. The Hall–Kier alpha value is -3.52. The molecule has 29 heavy (non-hydrogen) atoms. The summed E-state index contributed by atoms with van der Waals surface area (Å²) in [4.78, 5) is 12.6. The number of sulfonamides is 1. The van der Waals surface area contributed by atoms with Gasteiger partial charge in [0, 0.05) is 5.56 Å². The maximum absolute atomic E-state index is 12.7. The highest BCUT2D eigenvalue weighted by molar-refractivity contribution is 7.92. The van der Waals surface area contributed by atoms with Crippen LogP contribution >= 0.6 is 0 Å². The Bertz CT molecular complexity index is 1090. The Morgan fingerprint density at radius 2 is 1.28 bits per heavy atom. The first kappa shape index (κ1) is 20.2. The molecule has 150 valence electrons. The molecule has 0 atom stereocenters. The van der Waals surface area contributed by atoms with Gasteiger partial charge in [-0.25, -0.2) is 8.42 Å². The zero-order valence-electron chi connectivity index (χ0n) is 15.9. The summed E-state index contributed by atoms with van der Waals surface area (Å²) in [6.07, 6.45) is 0. The number of methoxy groups -OCH3 is 2. The molecule has 0 spiro atoms. The lowest BCUT2D eigenvalue weighted by Crippen LogP contribution is -2.17. The van der Waals surface area contributed by atoms with E-state index in [0.717, 1.165) is 0 Å². The molecule has 0 unspecified atom stereocenters. The van der Waals surface area contributed by atoms with Crippen LogP contribution in [0.2, 0.25) is 0 Å². The number of carbonyl (C=O) groups excluding carboxylic acids is 1. The molecule has 3 aromatic rings. The van der Waals surface area contributed by atoms with Crippen molar-refractivity contribution in [1.29, 1.82) is 0 Å². The van der Waals surface area contributed by atoms with Gasteiger partial charge < -0.3 is 14.8 Å². The van der Waals surface area contributed by atoms with Crippen LogP contribution in [-0.2, 0) is 10.0 Å². The van der Waals surface area contributed by atoms with Gasteiger partial charge in [-0.1, -0.05) is 12.1 Å². The molecular weight excluding hydrogens is 392 g/mol. The predicted molar refractivity (Wildman–Crippen MR) is 111 cm³/mol. The molecule has 3 aromatic carbocycles. The summed E-state index contributed by atoms with van der Waals surface area (Å²) in [6, 6.07) is 19.2. The maximum Gasteiger partial charge on any atom is 0.261 e. The molecule has 0 aliphatic carbocycles. The molecule has 0 saturated heterocycles. The highest BCUT2D eigenvalue weighted by Gasteiger charge is 2.17. The van der Waals surface area contributed by atoms with Gasteiger partial charge in [0.2, 0.25) is 0 Å². The number of benzene rings is 3. The van der Waals surface area contributed by atoms with Crippen LogP contribution in [0.1, 0.15) is 10.4 Å². The van der Waals surface area contributed by atoms with Gasteiger partial charge in [-0.05, 0) is 60.7 Å². The van der Waals surface area contributed by atoms with E-state index in [-0.39, 0.29) is 16.5 Å². The van der Waals surface area contributed by atoms with Crippen LogP contribution < -0.4 is 19.5 Å². The lowest BCUT2D eigenvalue weighted by Gasteiger charge is -2.14. The van der Waals surface area contributed by atoms with E-state index in [1.165, 1.54) is 19.2 Å². The third-order valence-electron chi connectivity index (χ3n) is 4.14. The molecule has 0 aliphatic heterocycles. The van der Waals surface area contributed by atoms with E-state index >= 15 is 0 Å². The fraction of sp³-hybridized carbons (Fsp3) is 0.0952. The normalized spacial score (nSPS) is 10.8. The average Bonchev–Trinajstić information content (AvgIpc) is 2.75. The number of hydrogen-bond acceptors (Lipinski definition) is 5. The minimum atomic E-state index is -3.84. The second-order valence-electron chi connectivity index (χ2n) is 6.01. The zero-order chi connectivity index (χ0) is 20.9. The molecule has 0 radical (unpaired) electrons. The molecule has 1 amide bonds. The van der Waals surface area contributed by atoms with E-state index in [1.54, 1.807) is 67.8 Å². The van der Waals surface area contributed by atoms with Crippen molar-refractivity contribution in [1.82, 2.24) is 0 Å². The highest BCUT2D eigenvalue weighted by Crippen LogP contribution is 2.26. The third-order valence-corrected chi connectivity index (χ3v) is 5.52. The van der Waals surface area contributed by atoms with E-state index in [9.17, 15) is 13.2 Å². The number of para-hydroxylation sites is 2. The van der Waals surface area contributed by atoms with Crippen LogP contribution in [0.15, 0.2) is 77.7 Å². The summed E-state index contributed by atoms with van der Waals surface area (Å²) in [5, 5.41) is 2.73. The number of hydrogen-bond donors (Lipinski definition) is 2. The molecule has 3 rings (SSSR count). The first-order chi connectivity index (χ1) is 13.9. The Labute approximate surface area is 169 Å². The summed E-state index contributed by atoms with van der Waals surface area (Å²) < 4.78 is 38.0. The van der Waals surface area contributed by atoms with Crippen molar-refractivity contribution >= 4 is 27.3 Å². The van der Waals surface area contributed by atoms with Crippen molar-refractivity contribution in [3.63, 3.8) is 0 Å². The molecule has 0 aromatic heterocycles. The van der Waals surface area contributed by atoms with Crippen LogP contribution in [0.25, 0.3) is 0 Å². The quantitative estimate of drug-likeness (QED) is 0.616. The topological polar surface area (TPSA) is 93.7 Å². The van der Waals surface area contributed by atoms with Crippen LogP contribution in [0.3, 0.4) is 0 Å². The lowest BCUT2D eigenvalue weighted by molar-refractivity contribution is 0.102. The number of carbonyl (C=O) groups is 1. The monoisotopic (exact) mass is 412 g/mol. The van der Waals surface area contributed by atoms with Gasteiger partial charge in [-0.3, -0.25) is 9.52 Å². The summed E-state index contributed by atoms with van der Waals surface area (Å²) in [7, 11) is -0.798. The molecule has 0 aliphatic rings. The molecule has 8 heteroatoms. The first-order valence-electron chi connectivity index (χ1n) is 8.64. The molecule has 0 fully saturated rings. The van der Waals surface area contributed by atoms with E-state index in [2.05, 4.69) is 10.0 Å². The minimum absolute atomic E-state index is 0.0783. The van der Waals surface area contributed by atoms with Crippen LogP contribution in [-0.4, -0.2) is 28.5 Å². The van der Waals surface area contributed by atoms with Crippen molar-refractivity contribution in [2.45, 2.75) is 4.90 Å². The second kappa shape index (κ2) is 8.66. The van der Waals surface area contributed by atoms with Gasteiger partial charge in [0.05, 0.1) is 30.5 Å². The third kappa shape index (κ3) is 4.85. The highest BCUT2D eigenvalue weighted by atomic mass is 32.2. The molecule has 7 nitrogen and oxygen atoms in total. The van der Waals surface area contributed by atoms with Crippen molar-refractivity contribution in [3.05, 3.63) is 78.4 Å². The van der Waals surface area contributed by atoms with Gasteiger partial charge >= 0.3 is 0 Å². The van der Waals surface area contributed by atoms with Gasteiger partial charge in [0.15, 0.2) is 0 Å². The van der Waals surface area contributed by atoms with E-state index in [0.29, 0.717) is 22.7 Å². The largest absolute Gasteiger partial charge is 0.497 e. The summed E-state index contributed by atoms with van der Waals surface area (Å²) >= 11 is 0. The molecular formula is C21H20N2O5S. The fourth-order valence-electron chi connectivity index (χ4n) is 2.58. The number of ether oxygens (including phenoxy) is 2. The Balaban J connectivity index is 1.81. The second-order valence-corrected chi connectivity index (χ2v) is 7.69. The minimum Gasteiger partial charge on any atom is -0.497 e. The van der Waals surface area contributed by atoms with E-state index < -0.39 is 10.0 Å². The Morgan fingerprint density at radius 3 is 1.83 bits per heavy atom. The van der Waals surface area contributed by atoms with Crippen molar-refractivity contribution in [2.24, 2.45) is 0 Å². The van der Waals surface area contributed by atoms with Gasteiger partial charge in [-0.2, -0.15) is 0 Å². The van der Waals surface area contributed by atoms with E-state index in [4.69, 9.17) is 9.47 Å². The van der Waals surface area contributed by atoms with Gasteiger partial charge in [0.1, 0.15) is 11.5 Å². The first-order valence-corrected chi connectivity index (χ1v) is 10.1. The number of amides is 1. The lowest BCUT2D eigenvalue weighted by atomic mass is 10.2. The van der Waals surface area contributed by atoms with Gasteiger partial charge in [0.25, 0.3) is 15.9 Å². The number of anilines is 2. The summed E-state index contributed by atoms with van der Waals surface area (Å²) in [6.45, 7) is 0. The van der Waals surface area contributed by atoms with E-state index in [1.807, 2.05) is 0 Å². The van der Waals surface area contributed by atoms with Gasteiger partial charge in [-0.15, -0.1) is 0 Å².